The molecular formula is C24H26N2O3. The zero-order chi connectivity index (χ0) is 20.6. The molecule has 0 saturated carbocycles. The topological polar surface area (TPSA) is 62.6 Å². The van der Waals surface area contributed by atoms with E-state index in [9.17, 15) is 9.59 Å². The van der Waals surface area contributed by atoms with E-state index in [0.717, 1.165) is 22.9 Å². The lowest BCUT2D eigenvalue weighted by Gasteiger charge is -2.24. The van der Waals surface area contributed by atoms with E-state index in [1.54, 1.807) is 4.90 Å². The maximum atomic E-state index is 13.1. The molecule has 3 aromatic rings. The van der Waals surface area contributed by atoms with Crippen molar-refractivity contribution >= 4 is 23.2 Å². The number of furan rings is 1. The maximum absolute atomic E-state index is 13.1. The number of aryl methyl sites for hydroxylation is 1. The highest BCUT2D eigenvalue weighted by molar-refractivity contribution is 6.00. The molecule has 1 aromatic heterocycles. The molecule has 1 heterocycles. The van der Waals surface area contributed by atoms with Crippen LogP contribution in [0.5, 0.6) is 0 Å². The second-order valence-electron chi connectivity index (χ2n) is 7.20. The van der Waals surface area contributed by atoms with Crippen LogP contribution in [0.25, 0.3) is 0 Å². The van der Waals surface area contributed by atoms with Crippen molar-refractivity contribution in [1.29, 1.82) is 0 Å². The number of benzene rings is 2. The number of anilines is 2. The molecule has 0 unspecified atom stereocenters. The maximum Gasteiger partial charge on any atom is 0.231 e. The molecule has 0 spiro atoms. The van der Waals surface area contributed by atoms with Gasteiger partial charge in [-0.25, -0.2) is 0 Å². The van der Waals surface area contributed by atoms with Crippen LogP contribution >= 0.6 is 0 Å². The van der Waals surface area contributed by atoms with E-state index >= 15 is 0 Å². The minimum atomic E-state index is -0.0923. The normalized spacial score (nSPS) is 11.7. The van der Waals surface area contributed by atoms with Gasteiger partial charge in [0, 0.05) is 24.2 Å². The molecular weight excluding hydrogens is 364 g/mol. The van der Waals surface area contributed by atoms with Gasteiger partial charge in [-0.1, -0.05) is 43.3 Å². The summed E-state index contributed by atoms with van der Waals surface area (Å²) in [6.07, 6.45) is 0.555. The first-order valence-corrected chi connectivity index (χ1v) is 9.78. The minimum absolute atomic E-state index is 0.0376. The molecule has 5 nitrogen and oxygen atoms in total. The number of rotatable bonds is 8. The Hall–Kier alpha value is -3.34. The van der Waals surface area contributed by atoms with Crippen molar-refractivity contribution in [2.45, 2.75) is 33.2 Å². The average Bonchev–Trinajstić information content (AvgIpc) is 3.13. The highest BCUT2D eigenvalue weighted by atomic mass is 16.3. The minimum Gasteiger partial charge on any atom is -0.465 e. The first kappa shape index (κ1) is 20.4. The van der Waals surface area contributed by atoms with Gasteiger partial charge in [0.05, 0.1) is 6.54 Å². The fraction of sp³-hybridized carbons (Fsp3) is 0.250. The van der Waals surface area contributed by atoms with E-state index in [0.29, 0.717) is 6.54 Å². The quantitative estimate of drug-likeness (QED) is 0.590. The lowest BCUT2D eigenvalue weighted by atomic mass is 10.0. The number of carbonyl (C=O) groups excluding carboxylic acids is 2. The molecule has 0 aliphatic carbocycles. The first-order valence-electron chi connectivity index (χ1n) is 9.78. The Morgan fingerprint density at radius 3 is 2.00 bits per heavy atom. The monoisotopic (exact) mass is 390 g/mol. The summed E-state index contributed by atoms with van der Waals surface area (Å²) in [6, 6.07) is 22.8. The molecule has 0 fully saturated rings. The van der Waals surface area contributed by atoms with Crippen molar-refractivity contribution in [2.24, 2.45) is 5.92 Å². The molecule has 0 radical (unpaired) electrons. The molecule has 1 atom stereocenters. The zero-order valence-electron chi connectivity index (χ0n) is 16.8. The second kappa shape index (κ2) is 9.73. The van der Waals surface area contributed by atoms with Crippen molar-refractivity contribution in [3.8, 4) is 0 Å². The van der Waals surface area contributed by atoms with Crippen molar-refractivity contribution in [2.75, 3.05) is 4.90 Å². The summed E-state index contributed by atoms with van der Waals surface area (Å²) < 4.78 is 5.46. The number of carbonyl (C=O) groups is 2. The molecule has 5 heteroatoms. The first-order chi connectivity index (χ1) is 14.0. The lowest BCUT2D eigenvalue weighted by Crippen LogP contribution is -2.29. The van der Waals surface area contributed by atoms with Crippen molar-refractivity contribution < 1.29 is 14.0 Å². The summed E-state index contributed by atoms with van der Waals surface area (Å²) in [5.41, 5.74) is 1.63. The van der Waals surface area contributed by atoms with E-state index in [1.807, 2.05) is 86.6 Å². The van der Waals surface area contributed by atoms with E-state index in [1.165, 1.54) is 0 Å². The molecule has 1 N–H and O–H groups in total. The summed E-state index contributed by atoms with van der Waals surface area (Å²) >= 11 is 0. The Bertz CT molecular complexity index is 896. The van der Waals surface area contributed by atoms with Gasteiger partial charge in [-0.05, 0) is 49.2 Å². The number of hydrogen-bond donors (Lipinski definition) is 1. The van der Waals surface area contributed by atoms with Crippen molar-refractivity contribution in [1.82, 2.24) is 5.32 Å². The predicted octanol–water partition coefficient (Wildman–Crippen LogP) is 4.99. The highest BCUT2D eigenvalue weighted by Crippen LogP contribution is 2.27. The van der Waals surface area contributed by atoms with Crippen LogP contribution in [0.15, 0.2) is 77.2 Å². The van der Waals surface area contributed by atoms with Gasteiger partial charge in [-0.3, -0.25) is 14.5 Å². The van der Waals surface area contributed by atoms with Gasteiger partial charge in [0.2, 0.25) is 11.8 Å². The van der Waals surface area contributed by atoms with Crippen LogP contribution in [0.1, 0.15) is 31.3 Å². The van der Waals surface area contributed by atoms with Crippen LogP contribution in [0.3, 0.4) is 0 Å². The number of nitrogens with one attached hydrogen (secondary N) is 1. The number of para-hydroxylation sites is 2. The van der Waals surface area contributed by atoms with Crippen LogP contribution in [-0.4, -0.2) is 11.8 Å². The Morgan fingerprint density at radius 2 is 1.48 bits per heavy atom. The van der Waals surface area contributed by atoms with Gasteiger partial charge in [-0.2, -0.15) is 0 Å². The number of hydrogen-bond acceptors (Lipinski definition) is 3. The van der Waals surface area contributed by atoms with Crippen molar-refractivity contribution in [3.63, 3.8) is 0 Å². The fourth-order valence-electron chi connectivity index (χ4n) is 3.21. The molecule has 150 valence electrons. The Morgan fingerprint density at radius 1 is 0.897 bits per heavy atom. The average molecular weight is 390 g/mol. The number of nitrogens with zero attached hydrogens (tertiary/aromatic N) is 1. The molecule has 0 aliphatic heterocycles. The second-order valence-corrected chi connectivity index (χ2v) is 7.20. The molecule has 0 aliphatic rings. The molecule has 0 bridgehead atoms. The highest BCUT2D eigenvalue weighted by Gasteiger charge is 2.21. The molecule has 2 aromatic carbocycles. The summed E-state index contributed by atoms with van der Waals surface area (Å²) in [7, 11) is 0. The van der Waals surface area contributed by atoms with Crippen LogP contribution in [-0.2, 0) is 16.1 Å². The molecule has 0 saturated heterocycles. The SMILES string of the molecule is Cc1ccc(CNC(=O)C[C@@H](C)CC(=O)N(c2ccccc2)c2ccccc2)o1. The van der Waals surface area contributed by atoms with E-state index < -0.39 is 0 Å². The molecule has 29 heavy (non-hydrogen) atoms. The Labute approximate surface area is 171 Å². The van der Waals surface area contributed by atoms with Gasteiger partial charge in [0.15, 0.2) is 0 Å². The van der Waals surface area contributed by atoms with Gasteiger partial charge in [0.25, 0.3) is 0 Å². The molecule has 2 amide bonds. The van der Waals surface area contributed by atoms with Crippen LogP contribution in [0, 0.1) is 12.8 Å². The Balaban J connectivity index is 1.60. The van der Waals surface area contributed by atoms with E-state index in [-0.39, 0.29) is 30.6 Å². The summed E-state index contributed by atoms with van der Waals surface area (Å²) in [5, 5.41) is 2.85. The van der Waals surface area contributed by atoms with Gasteiger partial charge in [0.1, 0.15) is 11.5 Å². The third kappa shape index (κ3) is 5.82. The predicted molar refractivity (Wildman–Crippen MR) is 114 cm³/mol. The van der Waals surface area contributed by atoms with E-state index in [4.69, 9.17) is 4.42 Å². The van der Waals surface area contributed by atoms with Crippen LogP contribution < -0.4 is 10.2 Å². The van der Waals surface area contributed by atoms with Crippen molar-refractivity contribution in [3.05, 3.63) is 84.3 Å². The van der Waals surface area contributed by atoms with E-state index in [2.05, 4.69) is 5.32 Å². The lowest BCUT2D eigenvalue weighted by molar-refractivity contribution is -0.122. The van der Waals surface area contributed by atoms with Gasteiger partial charge >= 0.3 is 0 Å². The van der Waals surface area contributed by atoms with Crippen LogP contribution in [0.4, 0.5) is 11.4 Å². The van der Waals surface area contributed by atoms with Crippen LogP contribution in [0.2, 0.25) is 0 Å². The third-order valence-corrected chi connectivity index (χ3v) is 4.59. The molecule has 3 rings (SSSR count). The fourth-order valence-corrected chi connectivity index (χ4v) is 3.21. The largest absolute Gasteiger partial charge is 0.465 e. The number of amides is 2. The Kier molecular flexibility index (Phi) is 6.85. The standard InChI is InChI=1S/C24H26N2O3/c1-18(15-23(27)25-17-22-14-13-19(2)29-22)16-24(28)26(20-9-5-3-6-10-20)21-11-7-4-8-12-21/h3-14,18H,15-17H2,1-2H3,(H,25,27)/t18-/m1/s1. The summed E-state index contributed by atoms with van der Waals surface area (Å²) in [5.74, 6) is 1.32. The van der Waals surface area contributed by atoms with Gasteiger partial charge < -0.3 is 9.73 Å². The smallest absolute Gasteiger partial charge is 0.231 e. The zero-order valence-corrected chi connectivity index (χ0v) is 16.8. The summed E-state index contributed by atoms with van der Waals surface area (Å²) in [4.78, 5) is 27.1. The third-order valence-electron chi connectivity index (χ3n) is 4.59. The van der Waals surface area contributed by atoms with Gasteiger partial charge in [-0.15, -0.1) is 0 Å². The summed E-state index contributed by atoms with van der Waals surface area (Å²) in [6.45, 7) is 4.14.